The molecule has 3 heterocycles. The summed E-state index contributed by atoms with van der Waals surface area (Å²) in [6.45, 7) is 3.73. The molecule has 0 bridgehead atoms. The lowest BCUT2D eigenvalue weighted by atomic mass is 9.92. The number of ether oxygens (including phenoxy) is 1. The van der Waals surface area contributed by atoms with Gasteiger partial charge in [-0.25, -0.2) is 9.67 Å². The highest BCUT2D eigenvalue weighted by atomic mass is 19.4. The third-order valence-corrected chi connectivity index (χ3v) is 5.23. The molecule has 1 aliphatic rings. The number of amides is 1. The van der Waals surface area contributed by atoms with E-state index in [0.29, 0.717) is 41.1 Å². The third-order valence-electron chi connectivity index (χ3n) is 5.23. The first-order valence-corrected chi connectivity index (χ1v) is 9.65. The van der Waals surface area contributed by atoms with Crippen molar-refractivity contribution in [3.63, 3.8) is 0 Å². The Morgan fingerprint density at radius 1 is 1.28 bits per heavy atom. The number of alkyl halides is 3. The van der Waals surface area contributed by atoms with Crippen LogP contribution < -0.4 is 4.74 Å². The minimum absolute atomic E-state index is 0.149. The van der Waals surface area contributed by atoms with Gasteiger partial charge < -0.3 is 19.8 Å². The van der Waals surface area contributed by atoms with E-state index >= 15 is 0 Å². The van der Waals surface area contributed by atoms with Gasteiger partial charge in [-0.05, 0) is 42.0 Å². The fraction of sp³-hybridized carbons (Fsp3) is 0.286. The molecule has 1 aliphatic heterocycles. The SMILES string of the molecule is C=CC(=O)N1CC(c2nn(-c3ccc(OC(F)(F)F)cc3)c3nccc([C@H](O)CO)c23)C1. The molecular formula is C21H19F3N4O4. The largest absolute Gasteiger partial charge is 0.573 e. The molecule has 1 amide bonds. The molecule has 1 fully saturated rings. The summed E-state index contributed by atoms with van der Waals surface area (Å²) in [6, 6.07) is 6.71. The maximum absolute atomic E-state index is 12.5. The number of aliphatic hydroxyl groups excluding tert-OH is 2. The predicted octanol–water partition coefficient (Wildman–Crippen LogP) is 2.46. The molecule has 11 heteroatoms. The molecule has 8 nitrogen and oxygen atoms in total. The normalized spacial score (nSPS) is 15.5. The van der Waals surface area contributed by atoms with Crippen molar-refractivity contribution in [2.45, 2.75) is 18.4 Å². The quantitative estimate of drug-likeness (QED) is 0.562. The average molecular weight is 448 g/mol. The zero-order valence-corrected chi connectivity index (χ0v) is 16.7. The van der Waals surface area contributed by atoms with E-state index in [9.17, 15) is 28.2 Å². The fourth-order valence-corrected chi connectivity index (χ4v) is 3.68. The Balaban J connectivity index is 1.77. The first kappa shape index (κ1) is 21.8. The number of likely N-dealkylation sites (tertiary alicyclic amines) is 1. The van der Waals surface area contributed by atoms with E-state index in [2.05, 4.69) is 21.4 Å². The molecule has 0 spiro atoms. The second-order valence-electron chi connectivity index (χ2n) is 7.28. The maximum atomic E-state index is 12.5. The molecule has 32 heavy (non-hydrogen) atoms. The minimum atomic E-state index is -4.80. The lowest BCUT2D eigenvalue weighted by Gasteiger charge is -2.38. The molecule has 4 rings (SSSR count). The van der Waals surface area contributed by atoms with Crippen LogP contribution in [0.25, 0.3) is 16.7 Å². The van der Waals surface area contributed by atoms with E-state index in [4.69, 9.17) is 0 Å². The van der Waals surface area contributed by atoms with Gasteiger partial charge >= 0.3 is 6.36 Å². The number of carbonyl (C=O) groups is 1. The van der Waals surface area contributed by atoms with Gasteiger partial charge in [0.25, 0.3) is 0 Å². The minimum Gasteiger partial charge on any atom is -0.406 e. The van der Waals surface area contributed by atoms with Gasteiger partial charge in [0.1, 0.15) is 11.9 Å². The van der Waals surface area contributed by atoms with Gasteiger partial charge in [-0.2, -0.15) is 5.10 Å². The highest BCUT2D eigenvalue weighted by Gasteiger charge is 2.35. The molecule has 1 saturated heterocycles. The highest BCUT2D eigenvalue weighted by Crippen LogP contribution is 2.36. The molecular weight excluding hydrogens is 429 g/mol. The van der Waals surface area contributed by atoms with Crippen LogP contribution in [0.4, 0.5) is 13.2 Å². The zero-order chi connectivity index (χ0) is 23.0. The number of benzene rings is 1. The van der Waals surface area contributed by atoms with Gasteiger partial charge in [-0.3, -0.25) is 4.79 Å². The number of nitrogens with zero attached hydrogens (tertiary/aromatic N) is 4. The smallest absolute Gasteiger partial charge is 0.406 e. The number of halogens is 3. The van der Waals surface area contributed by atoms with Gasteiger partial charge in [0.2, 0.25) is 5.91 Å². The molecule has 1 atom stereocenters. The second kappa shape index (κ2) is 8.24. The van der Waals surface area contributed by atoms with Crippen molar-refractivity contribution >= 4 is 16.9 Å². The van der Waals surface area contributed by atoms with Crippen molar-refractivity contribution in [2.75, 3.05) is 19.7 Å². The van der Waals surface area contributed by atoms with Crippen LogP contribution in [0.1, 0.15) is 23.3 Å². The topological polar surface area (TPSA) is 101 Å². The summed E-state index contributed by atoms with van der Waals surface area (Å²) in [5.41, 5.74) is 1.78. The Labute approximate surface area is 180 Å². The van der Waals surface area contributed by atoms with Gasteiger partial charge in [0.05, 0.1) is 18.0 Å². The molecule has 1 aromatic carbocycles. The first-order chi connectivity index (χ1) is 15.2. The summed E-state index contributed by atoms with van der Waals surface area (Å²) in [6.07, 6.45) is -3.30. The van der Waals surface area contributed by atoms with Gasteiger partial charge in [-0.15, -0.1) is 13.2 Å². The van der Waals surface area contributed by atoms with Crippen molar-refractivity contribution in [3.05, 3.63) is 60.4 Å². The predicted molar refractivity (Wildman–Crippen MR) is 107 cm³/mol. The number of aliphatic hydroxyl groups is 2. The number of aromatic nitrogens is 3. The van der Waals surface area contributed by atoms with Crippen LogP contribution in [0.15, 0.2) is 49.2 Å². The van der Waals surface area contributed by atoms with Crippen LogP contribution in [0.5, 0.6) is 5.75 Å². The number of hydrogen-bond donors (Lipinski definition) is 2. The first-order valence-electron chi connectivity index (χ1n) is 9.65. The monoisotopic (exact) mass is 448 g/mol. The summed E-state index contributed by atoms with van der Waals surface area (Å²) in [5, 5.41) is 24.9. The zero-order valence-electron chi connectivity index (χ0n) is 16.7. The van der Waals surface area contributed by atoms with Crippen molar-refractivity contribution in [3.8, 4) is 11.4 Å². The average Bonchev–Trinajstić information content (AvgIpc) is 3.11. The van der Waals surface area contributed by atoms with Crippen LogP contribution in [0.2, 0.25) is 0 Å². The third kappa shape index (κ3) is 4.04. The van der Waals surface area contributed by atoms with Crippen molar-refractivity contribution in [1.29, 1.82) is 0 Å². The van der Waals surface area contributed by atoms with Crippen LogP contribution in [0.3, 0.4) is 0 Å². The van der Waals surface area contributed by atoms with Crippen LogP contribution in [-0.2, 0) is 4.79 Å². The number of rotatable bonds is 6. The lowest BCUT2D eigenvalue weighted by Crippen LogP contribution is -2.48. The number of pyridine rings is 1. The Hall–Kier alpha value is -3.44. The van der Waals surface area contributed by atoms with Gasteiger partial charge in [-0.1, -0.05) is 6.58 Å². The van der Waals surface area contributed by atoms with E-state index in [-0.39, 0.29) is 17.6 Å². The van der Waals surface area contributed by atoms with Crippen LogP contribution >= 0.6 is 0 Å². The van der Waals surface area contributed by atoms with Crippen molar-refractivity contribution in [2.24, 2.45) is 0 Å². The van der Waals surface area contributed by atoms with Crippen molar-refractivity contribution in [1.82, 2.24) is 19.7 Å². The molecule has 0 unspecified atom stereocenters. The lowest BCUT2D eigenvalue weighted by molar-refractivity contribution is -0.274. The fourth-order valence-electron chi connectivity index (χ4n) is 3.68. The molecule has 3 aromatic rings. The van der Waals surface area contributed by atoms with Gasteiger partial charge in [0.15, 0.2) is 5.65 Å². The Bertz CT molecular complexity index is 1150. The highest BCUT2D eigenvalue weighted by molar-refractivity contribution is 5.89. The summed E-state index contributed by atoms with van der Waals surface area (Å²) in [4.78, 5) is 17.8. The Kier molecular flexibility index (Phi) is 5.61. The summed E-state index contributed by atoms with van der Waals surface area (Å²) in [7, 11) is 0. The Morgan fingerprint density at radius 3 is 2.56 bits per heavy atom. The van der Waals surface area contributed by atoms with E-state index in [0.717, 1.165) is 12.1 Å². The summed E-state index contributed by atoms with van der Waals surface area (Å²) in [5.74, 6) is -0.733. The standard InChI is InChI=1S/C21H19F3N4O4/c1-2-17(31)27-9-12(10-27)19-18-15(16(30)11-29)7-8-25-20(18)28(26-19)13-3-5-14(6-4-13)32-21(22,23)24/h2-8,12,16,29-30H,1,9-11H2/t16-/m1/s1. The molecule has 168 valence electrons. The second-order valence-corrected chi connectivity index (χ2v) is 7.28. The number of carbonyl (C=O) groups excluding carboxylic acids is 1. The molecule has 2 aromatic heterocycles. The van der Waals surface area contributed by atoms with Gasteiger partial charge in [0, 0.05) is 30.6 Å². The molecule has 0 radical (unpaired) electrons. The van der Waals surface area contributed by atoms with E-state index in [1.54, 1.807) is 11.0 Å². The van der Waals surface area contributed by atoms with E-state index in [1.807, 2.05) is 0 Å². The maximum Gasteiger partial charge on any atom is 0.573 e. The van der Waals surface area contributed by atoms with E-state index < -0.39 is 19.1 Å². The van der Waals surface area contributed by atoms with Crippen LogP contribution in [0, 0.1) is 0 Å². The van der Waals surface area contributed by atoms with Crippen LogP contribution in [-0.4, -0.2) is 61.8 Å². The summed E-state index contributed by atoms with van der Waals surface area (Å²) >= 11 is 0. The summed E-state index contributed by atoms with van der Waals surface area (Å²) < 4.78 is 42.7. The number of hydrogen-bond acceptors (Lipinski definition) is 6. The molecule has 0 aliphatic carbocycles. The number of fused-ring (bicyclic) bond motifs is 1. The molecule has 2 N–H and O–H groups in total. The molecule has 0 saturated carbocycles. The van der Waals surface area contributed by atoms with E-state index in [1.165, 1.54) is 29.1 Å². The van der Waals surface area contributed by atoms with Crippen molar-refractivity contribution < 1.29 is 32.9 Å². The Morgan fingerprint density at radius 2 is 1.97 bits per heavy atom.